The molecule has 0 bridgehead atoms. The molecule has 130 valence electrons. The highest BCUT2D eigenvalue weighted by atomic mass is 32.4. The molecule has 0 aromatic carbocycles. The Balaban J connectivity index is -0.00000000507. The van der Waals surface area contributed by atoms with E-state index in [0.29, 0.717) is 0 Å². The minimum Gasteiger partial charge on any atom is -0.153 e. The SMILES string of the molecule is CC.CC.CC.CC.CC.CC.P.PP.PPP.[HH].[HH]. The minimum atomic E-state index is 0. The highest BCUT2D eigenvalue weighted by Gasteiger charge is 1.32. The van der Waals surface area contributed by atoms with Gasteiger partial charge in [0.2, 0.25) is 0 Å². The lowest BCUT2D eigenvalue weighted by atomic mass is 11.0. The first-order chi connectivity index (χ1) is 8.41. The monoisotopic (exact) mass is 382 g/mol. The fraction of sp³-hybridized carbons (Fsp3) is 1.00. The second-order valence-electron chi connectivity index (χ2n) is 0.167. The van der Waals surface area contributed by atoms with Gasteiger partial charge in [-0.2, -0.15) is 9.90 Å². The summed E-state index contributed by atoms with van der Waals surface area (Å²) in [5.41, 5.74) is 0. The van der Waals surface area contributed by atoms with Crippen LogP contribution in [0.5, 0.6) is 0 Å². The summed E-state index contributed by atoms with van der Waals surface area (Å²) in [7, 11) is 10.7. The number of hydrogen-bond donors (Lipinski definition) is 0. The van der Waals surface area contributed by atoms with E-state index in [0.717, 1.165) is 7.96 Å². The van der Waals surface area contributed by atoms with Crippen LogP contribution in [0.2, 0.25) is 0 Å². The summed E-state index contributed by atoms with van der Waals surface area (Å²) in [6, 6.07) is 0. The van der Waals surface area contributed by atoms with Crippen LogP contribution < -0.4 is 0 Å². The molecule has 0 fully saturated rings. The van der Waals surface area contributed by atoms with E-state index in [9.17, 15) is 0 Å². The van der Waals surface area contributed by atoms with Crippen molar-refractivity contribution >= 4 is 53.6 Å². The molecule has 5 unspecified atom stereocenters. The summed E-state index contributed by atoms with van der Waals surface area (Å²) < 4.78 is 0. The highest BCUT2D eigenvalue weighted by Crippen LogP contribution is 2.28. The fourth-order valence-electron chi connectivity index (χ4n) is 0. The van der Waals surface area contributed by atoms with Gasteiger partial charge in [0.25, 0.3) is 0 Å². The largest absolute Gasteiger partial charge is 0.153 e. The summed E-state index contributed by atoms with van der Waals surface area (Å²) in [5, 5.41) is 0. The van der Waals surface area contributed by atoms with Crippen molar-refractivity contribution in [3.63, 3.8) is 0 Å². The predicted octanol–water partition coefficient (Wildman–Crippen LogP) is 8.60. The maximum absolute atomic E-state index is 2.57. The van der Waals surface area contributed by atoms with Crippen LogP contribution in [0.3, 0.4) is 0 Å². The van der Waals surface area contributed by atoms with Gasteiger partial charge in [-0.25, -0.2) is 0 Å². The molecular weight excluding hydrogens is 330 g/mol. The van der Waals surface area contributed by atoms with E-state index in [1.807, 2.05) is 83.1 Å². The predicted molar refractivity (Wildman–Crippen MR) is 131 cm³/mol. The molecule has 0 saturated heterocycles. The molecule has 0 rings (SSSR count). The van der Waals surface area contributed by atoms with Crippen molar-refractivity contribution < 1.29 is 2.85 Å². The zero-order valence-corrected chi connectivity index (χ0v) is 22.5. The van der Waals surface area contributed by atoms with Crippen molar-refractivity contribution in [1.29, 1.82) is 0 Å². The first-order valence-electron chi connectivity index (χ1n) is 6.91. The van der Waals surface area contributed by atoms with Gasteiger partial charge in [0.1, 0.15) is 0 Å². The van der Waals surface area contributed by atoms with E-state index in [2.05, 4.69) is 35.7 Å². The van der Waals surface area contributed by atoms with Gasteiger partial charge in [0, 0.05) is 2.85 Å². The van der Waals surface area contributed by atoms with Crippen LogP contribution >= 0.6 is 53.6 Å². The summed E-state index contributed by atoms with van der Waals surface area (Å²) in [5.74, 6) is 0. The van der Waals surface area contributed by atoms with Crippen LogP contribution in [0.1, 0.15) is 85.9 Å². The standard InChI is InChI=1S/6C2H6.H5P3.H4P2.H3P.2H2/c6*1-2;1-3-2;1-2;;;/h6*1-2H3;3H,1-2H2;1-2H2;1H3;2*1H. The van der Waals surface area contributed by atoms with Crippen LogP contribution in [-0.4, -0.2) is 0 Å². The van der Waals surface area contributed by atoms with E-state index in [1.54, 1.807) is 0 Å². The minimum absolute atomic E-state index is 0. The van der Waals surface area contributed by atoms with Crippen LogP contribution in [0, 0.1) is 0 Å². The summed E-state index contributed by atoms with van der Waals surface area (Å²) in [6.45, 7) is 24.0. The molecule has 0 N–H and O–H groups in total. The summed E-state index contributed by atoms with van der Waals surface area (Å²) in [4.78, 5) is 0. The topological polar surface area (TPSA) is 0 Å². The lowest BCUT2D eigenvalue weighted by Gasteiger charge is -1.51. The normalized spacial score (nSPS) is 3.33. The third kappa shape index (κ3) is 863. The molecule has 18 heavy (non-hydrogen) atoms. The maximum Gasteiger partial charge on any atom is 0 e. The molecule has 6 heteroatoms. The third-order valence-corrected chi connectivity index (χ3v) is 0. The van der Waals surface area contributed by atoms with Crippen molar-refractivity contribution in [2.45, 2.75) is 83.1 Å². The first-order valence-corrected chi connectivity index (χ1v) is 14.2. The Morgan fingerprint density at radius 3 is 0.500 bits per heavy atom. The molecule has 0 spiro atoms. The molecule has 5 atom stereocenters. The molecule has 0 aliphatic rings. The van der Waals surface area contributed by atoms with Gasteiger partial charge in [-0.05, 0) is 0 Å². The van der Waals surface area contributed by atoms with E-state index in [4.69, 9.17) is 0 Å². The van der Waals surface area contributed by atoms with Crippen LogP contribution in [-0.2, 0) is 0 Å². The van der Waals surface area contributed by atoms with Gasteiger partial charge in [-0.1, -0.05) is 91.0 Å². The van der Waals surface area contributed by atoms with Gasteiger partial charge < -0.3 is 0 Å². The number of hydrogen-bond acceptors (Lipinski definition) is 0. The maximum atomic E-state index is 2.57. The zero-order chi connectivity index (χ0) is 16.7. The van der Waals surface area contributed by atoms with E-state index >= 15 is 0 Å². The Labute approximate surface area is 139 Å². The second kappa shape index (κ2) is 527. The van der Waals surface area contributed by atoms with Gasteiger partial charge in [-0.3, -0.25) is 0 Å². The van der Waals surface area contributed by atoms with E-state index in [-0.39, 0.29) is 12.8 Å². The van der Waals surface area contributed by atoms with Crippen molar-refractivity contribution in [1.82, 2.24) is 0 Å². The second-order valence-corrected chi connectivity index (χ2v) is 4.50. The lowest BCUT2D eigenvalue weighted by Crippen LogP contribution is -0.856. The molecule has 0 aromatic heterocycles. The average molecular weight is 382 g/mol. The number of rotatable bonds is 0. The Bertz CT molecular complexity index is 25.9. The molecular formula is C12H52P6. The Kier molecular flexibility index (Phi) is 1720. The molecule has 0 radical (unpaired) electrons. The van der Waals surface area contributed by atoms with Gasteiger partial charge in [0.15, 0.2) is 0 Å². The van der Waals surface area contributed by atoms with E-state index in [1.165, 1.54) is 0 Å². The van der Waals surface area contributed by atoms with Crippen molar-refractivity contribution in [2.24, 2.45) is 0 Å². The van der Waals surface area contributed by atoms with Gasteiger partial charge >= 0.3 is 0 Å². The molecule has 0 aliphatic heterocycles. The molecule has 0 aliphatic carbocycles. The van der Waals surface area contributed by atoms with Crippen molar-refractivity contribution in [3.8, 4) is 0 Å². The Morgan fingerprint density at radius 2 is 0.500 bits per heavy atom. The lowest BCUT2D eigenvalue weighted by molar-refractivity contribution is 1.50. The molecule has 0 aromatic rings. The Morgan fingerprint density at radius 1 is 0.500 bits per heavy atom. The molecule has 0 amide bonds. The molecule has 0 nitrogen and oxygen atoms in total. The van der Waals surface area contributed by atoms with Gasteiger partial charge in [0.05, 0.1) is 0 Å². The smallest absolute Gasteiger partial charge is 0 e. The molecule has 0 saturated carbocycles. The zero-order valence-electron chi connectivity index (χ0n) is 15.5. The Hall–Kier alpha value is 2.58. The van der Waals surface area contributed by atoms with Crippen molar-refractivity contribution in [3.05, 3.63) is 0 Å². The van der Waals surface area contributed by atoms with Crippen LogP contribution in [0.4, 0.5) is 0 Å². The first kappa shape index (κ1) is 58.8. The quantitative estimate of drug-likeness (QED) is 0.368. The average Bonchev–Trinajstić information content (AvgIpc) is 2.53. The third-order valence-electron chi connectivity index (χ3n) is 0. The van der Waals surface area contributed by atoms with Crippen LogP contribution in [0.25, 0.3) is 0 Å². The van der Waals surface area contributed by atoms with Crippen LogP contribution in [0.15, 0.2) is 0 Å². The van der Waals surface area contributed by atoms with Crippen molar-refractivity contribution in [2.75, 3.05) is 0 Å². The summed E-state index contributed by atoms with van der Waals surface area (Å²) >= 11 is 0. The molecule has 0 heterocycles. The summed E-state index contributed by atoms with van der Waals surface area (Å²) in [6.07, 6.45) is 0. The van der Waals surface area contributed by atoms with E-state index < -0.39 is 0 Å². The highest BCUT2D eigenvalue weighted by molar-refractivity contribution is 8.33. The van der Waals surface area contributed by atoms with Gasteiger partial charge in [-0.15, -0.1) is 35.7 Å². The fourth-order valence-corrected chi connectivity index (χ4v) is 0.